The highest BCUT2D eigenvalue weighted by molar-refractivity contribution is 6.32. The van der Waals surface area contributed by atoms with Crippen molar-refractivity contribution in [3.8, 4) is 0 Å². The van der Waals surface area contributed by atoms with Crippen LogP contribution in [0, 0.1) is 6.92 Å². The largest absolute Gasteiger partial charge is 0.528 e. The monoisotopic (exact) mass is 279 g/mol. The molecule has 1 aromatic carbocycles. The second-order valence-electron chi connectivity index (χ2n) is 5.11. The molecule has 4 heteroatoms. The highest BCUT2D eigenvalue weighted by Crippen LogP contribution is 2.21. The van der Waals surface area contributed by atoms with Crippen molar-refractivity contribution in [3.05, 3.63) is 46.8 Å². The zero-order valence-corrected chi connectivity index (χ0v) is 13.0. The molecular formula is C14H18ClNOSi. The Morgan fingerprint density at radius 3 is 2.72 bits per heavy atom. The van der Waals surface area contributed by atoms with Gasteiger partial charge in [-0.15, -0.1) is 0 Å². The van der Waals surface area contributed by atoms with Gasteiger partial charge < -0.3 is 4.43 Å². The van der Waals surface area contributed by atoms with E-state index >= 15 is 0 Å². The van der Waals surface area contributed by atoms with Crippen molar-refractivity contribution in [2.24, 2.45) is 4.99 Å². The lowest BCUT2D eigenvalue weighted by Gasteiger charge is -2.15. The van der Waals surface area contributed by atoms with Gasteiger partial charge in [0.15, 0.2) is 5.88 Å². The fourth-order valence-corrected chi connectivity index (χ4v) is 1.79. The molecule has 0 aliphatic carbocycles. The maximum atomic E-state index is 5.94. The Labute approximate surface area is 117 Å². The van der Waals surface area contributed by atoms with Gasteiger partial charge in [0.2, 0.25) is 0 Å². The van der Waals surface area contributed by atoms with Crippen LogP contribution < -0.4 is 0 Å². The van der Waals surface area contributed by atoms with E-state index in [4.69, 9.17) is 16.0 Å². The average molecular weight is 280 g/mol. The van der Waals surface area contributed by atoms with Crippen LogP contribution in [0.15, 0.2) is 35.7 Å². The van der Waals surface area contributed by atoms with E-state index in [0.29, 0.717) is 20.7 Å². The molecule has 0 aromatic heterocycles. The van der Waals surface area contributed by atoms with Gasteiger partial charge in [0, 0.05) is 11.2 Å². The molecule has 0 unspecified atom stereocenters. The van der Waals surface area contributed by atoms with Crippen molar-refractivity contribution >= 4 is 27.6 Å². The van der Waals surface area contributed by atoms with Crippen LogP contribution in [0.3, 0.4) is 0 Å². The fourth-order valence-electron chi connectivity index (χ4n) is 1.13. The summed E-state index contributed by atoms with van der Waals surface area (Å²) < 4.78 is 5.50. The number of rotatable bonds is 4. The second kappa shape index (κ2) is 6.21. The summed E-state index contributed by atoms with van der Waals surface area (Å²) in [6.07, 6.45) is 1.73. The summed E-state index contributed by atoms with van der Waals surface area (Å²) >= 11 is 5.94. The van der Waals surface area contributed by atoms with Gasteiger partial charge in [0.1, 0.15) is 0 Å². The van der Waals surface area contributed by atoms with Gasteiger partial charge in [-0.1, -0.05) is 38.4 Å². The molecule has 0 fully saturated rings. The molecule has 0 bridgehead atoms. The third-order valence-corrected chi connectivity index (χ3v) is 3.25. The van der Waals surface area contributed by atoms with Crippen LogP contribution in [-0.4, -0.2) is 16.0 Å². The number of benzene rings is 1. The molecule has 0 heterocycles. The van der Waals surface area contributed by atoms with Gasteiger partial charge in [-0.25, -0.2) is 4.99 Å². The number of hydrogen-bond donors (Lipinski definition) is 0. The van der Waals surface area contributed by atoms with Crippen molar-refractivity contribution in [2.75, 3.05) is 0 Å². The molecule has 18 heavy (non-hydrogen) atoms. The van der Waals surface area contributed by atoms with Crippen molar-refractivity contribution in [2.45, 2.75) is 32.7 Å². The highest BCUT2D eigenvalue weighted by Gasteiger charge is 2.14. The lowest BCUT2D eigenvalue weighted by atomic mass is 10.1. The number of halogens is 1. The molecule has 2 nitrogen and oxygen atoms in total. The normalized spacial score (nSPS) is 11.8. The predicted molar refractivity (Wildman–Crippen MR) is 79.5 cm³/mol. The van der Waals surface area contributed by atoms with Crippen molar-refractivity contribution in [3.63, 3.8) is 0 Å². The van der Waals surface area contributed by atoms with E-state index in [1.54, 1.807) is 6.21 Å². The van der Waals surface area contributed by atoms with Crippen LogP contribution in [-0.2, 0) is 4.43 Å². The average Bonchev–Trinajstić information content (AvgIpc) is 2.26. The minimum absolute atomic E-state index is 0.129. The first-order valence-electron chi connectivity index (χ1n) is 5.71. The van der Waals surface area contributed by atoms with E-state index in [2.05, 4.69) is 32.3 Å². The van der Waals surface area contributed by atoms with E-state index in [1.165, 1.54) is 0 Å². The fraction of sp³-hybridized carbons (Fsp3) is 0.357. The van der Waals surface area contributed by atoms with Crippen molar-refractivity contribution in [1.29, 1.82) is 0 Å². The summed E-state index contributed by atoms with van der Waals surface area (Å²) in [6, 6.07) is 5.70. The molecule has 1 aromatic rings. The van der Waals surface area contributed by atoms with E-state index in [1.807, 2.05) is 25.1 Å². The molecule has 0 aliphatic heterocycles. The quantitative estimate of drug-likeness (QED) is 0.455. The molecule has 0 spiro atoms. The topological polar surface area (TPSA) is 21.6 Å². The maximum absolute atomic E-state index is 5.94. The van der Waals surface area contributed by atoms with Gasteiger partial charge >= 0.3 is 9.76 Å². The molecular weight excluding hydrogens is 262 g/mol. The van der Waals surface area contributed by atoms with Crippen molar-refractivity contribution in [1.82, 2.24) is 0 Å². The minimum Gasteiger partial charge on any atom is -0.528 e. The summed E-state index contributed by atoms with van der Waals surface area (Å²) in [5.41, 5.74) is 2.10. The smallest absolute Gasteiger partial charge is 0.318 e. The molecule has 96 valence electrons. The van der Waals surface area contributed by atoms with Gasteiger partial charge in [0.05, 0.1) is 0 Å². The van der Waals surface area contributed by atoms with E-state index in [0.717, 1.165) is 11.1 Å². The summed E-state index contributed by atoms with van der Waals surface area (Å²) in [5.74, 6) is 0.433. The predicted octanol–water partition coefficient (Wildman–Crippen LogP) is 4.39. The Hall–Kier alpha value is -1.06. The van der Waals surface area contributed by atoms with E-state index < -0.39 is 0 Å². The highest BCUT2D eigenvalue weighted by atomic mass is 35.5. The molecule has 0 saturated carbocycles. The summed E-state index contributed by atoms with van der Waals surface area (Å²) in [5, 5.41) is 0.829. The van der Waals surface area contributed by atoms with Crippen LogP contribution in [0.1, 0.15) is 31.9 Å². The second-order valence-corrected chi connectivity index (χ2v) is 7.45. The Morgan fingerprint density at radius 2 is 2.11 bits per heavy atom. The summed E-state index contributed by atoms with van der Waals surface area (Å²) in [7, 11) is 0.345. The van der Waals surface area contributed by atoms with Gasteiger partial charge in [-0.3, -0.25) is 0 Å². The maximum Gasteiger partial charge on any atom is 0.318 e. The molecule has 0 atom stereocenters. The van der Waals surface area contributed by atoms with Gasteiger partial charge in [0.25, 0.3) is 0 Å². The van der Waals surface area contributed by atoms with Crippen LogP contribution in [0.4, 0.5) is 0 Å². The van der Waals surface area contributed by atoms with E-state index in [-0.39, 0.29) is 5.04 Å². The molecule has 2 radical (unpaired) electrons. The first-order chi connectivity index (χ1) is 8.28. The van der Waals surface area contributed by atoms with Gasteiger partial charge in [-0.2, -0.15) is 0 Å². The Balaban J connectivity index is 2.64. The summed E-state index contributed by atoms with van der Waals surface area (Å²) in [6.45, 7) is 12.1. The Kier molecular flexibility index (Phi) is 5.17. The summed E-state index contributed by atoms with van der Waals surface area (Å²) in [4.78, 5) is 4.21. The van der Waals surface area contributed by atoms with Crippen molar-refractivity contribution < 1.29 is 4.43 Å². The lowest BCUT2D eigenvalue weighted by Crippen LogP contribution is -2.11. The van der Waals surface area contributed by atoms with Crippen LogP contribution in [0.5, 0.6) is 0 Å². The molecule has 0 aliphatic rings. The van der Waals surface area contributed by atoms with Gasteiger partial charge in [-0.05, 0) is 41.8 Å². The molecule has 0 N–H and O–H groups in total. The Bertz CT molecular complexity index is 463. The molecule has 0 amide bonds. The van der Waals surface area contributed by atoms with E-state index in [9.17, 15) is 0 Å². The number of nitrogens with zero attached hydrogens (tertiary/aromatic N) is 1. The third-order valence-electron chi connectivity index (χ3n) is 2.06. The SMILES string of the molecule is C=C(N=Cc1cc(Cl)ccc1C)O[Si]C(C)(C)C. The lowest BCUT2D eigenvalue weighted by molar-refractivity contribution is 0.425. The zero-order valence-electron chi connectivity index (χ0n) is 11.2. The molecule has 1 rings (SSSR count). The number of aryl methyl sites for hydroxylation is 1. The minimum atomic E-state index is 0.129. The number of aliphatic imine (C=N–C) groups is 1. The first-order valence-corrected chi connectivity index (χ1v) is 7.00. The zero-order chi connectivity index (χ0) is 13.8. The Morgan fingerprint density at radius 1 is 1.44 bits per heavy atom. The van der Waals surface area contributed by atoms with Crippen LogP contribution in [0.25, 0.3) is 0 Å². The van der Waals surface area contributed by atoms with Crippen LogP contribution in [0.2, 0.25) is 10.1 Å². The first kappa shape index (κ1) is 15.0. The number of hydrogen-bond acceptors (Lipinski definition) is 2. The third kappa shape index (κ3) is 5.51. The van der Waals surface area contributed by atoms with Crippen LogP contribution >= 0.6 is 11.6 Å². The molecule has 0 saturated heterocycles. The standard InChI is InChI=1S/C14H18ClNOSi/c1-10-6-7-13(15)8-12(10)9-16-11(2)17-18-14(3,4)5/h6-9H,2H2,1,3-5H3.